The Morgan fingerprint density at radius 3 is 2.61 bits per heavy atom. The molecule has 0 spiro atoms. The SMILES string of the molecule is Cc1ccc(OCc2cc(=N)n(C=N)cc2Br)cc1C(F)(F)F. The van der Waals surface area contributed by atoms with Gasteiger partial charge < -0.3 is 4.74 Å². The molecule has 2 rings (SSSR count). The van der Waals surface area contributed by atoms with Crippen molar-refractivity contribution in [1.29, 1.82) is 10.8 Å². The third-order valence-corrected chi connectivity index (χ3v) is 3.91. The lowest BCUT2D eigenvalue weighted by molar-refractivity contribution is -0.138. The highest BCUT2D eigenvalue weighted by molar-refractivity contribution is 9.10. The van der Waals surface area contributed by atoms with E-state index < -0.39 is 11.7 Å². The smallest absolute Gasteiger partial charge is 0.416 e. The summed E-state index contributed by atoms with van der Waals surface area (Å²) < 4.78 is 45.9. The van der Waals surface area contributed by atoms with E-state index >= 15 is 0 Å². The summed E-state index contributed by atoms with van der Waals surface area (Å²) in [5, 5.41) is 14.9. The van der Waals surface area contributed by atoms with E-state index in [4.69, 9.17) is 15.6 Å². The highest BCUT2D eigenvalue weighted by Gasteiger charge is 2.32. The standard InChI is InChI=1S/C15H13BrF3N3O/c1-9-2-3-11(5-12(9)15(17,18)19)23-7-10-4-14(21)22(8-20)6-13(10)16/h2-6,8,20-21H,7H2,1H3. The van der Waals surface area contributed by atoms with Crippen molar-refractivity contribution in [1.82, 2.24) is 4.57 Å². The van der Waals surface area contributed by atoms with Crippen LogP contribution in [0, 0.1) is 17.7 Å². The number of alkyl halides is 3. The van der Waals surface area contributed by atoms with Crippen LogP contribution in [0.1, 0.15) is 16.7 Å². The van der Waals surface area contributed by atoms with E-state index in [0.717, 1.165) is 12.4 Å². The first-order chi connectivity index (χ1) is 10.7. The van der Waals surface area contributed by atoms with E-state index in [1.54, 1.807) is 0 Å². The molecule has 0 aliphatic rings. The Kier molecular flexibility index (Phi) is 4.93. The molecule has 0 unspecified atom stereocenters. The Morgan fingerprint density at radius 1 is 1.30 bits per heavy atom. The summed E-state index contributed by atoms with van der Waals surface area (Å²) in [6, 6.07) is 5.28. The number of pyridine rings is 1. The molecule has 2 aromatic rings. The highest BCUT2D eigenvalue weighted by Crippen LogP contribution is 2.34. The number of hydrogen-bond donors (Lipinski definition) is 2. The lowest BCUT2D eigenvalue weighted by atomic mass is 10.1. The van der Waals surface area contributed by atoms with Gasteiger partial charge in [0.2, 0.25) is 0 Å². The Labute approximate surface area is 138 Å². The Morgan fingerprint density at radius 2 is 2.00 bits per heavy atom. The second-order valence-corrected chi connectivity index (χ2v) is 5.69. The van der Waals surface area contributed by atoms with Gasteiger partial charge in [-0.05, 0) is 46.6 Å². The van der Waals surface area contributed by atoms with Crippen molar-refractivity contribution < 1.29 is 17.9 Å². The minimum Gasteiger partial charge on any atom is -0.489 e. The maximum absolute atomic E-state index is 12.9. The Bertz CT molecular complexity index is 800. The van der Waals surface area contributed by atoms with Crippen LogP contribution in [0.5, 0.6) is 5.75 Å². The van der Waals surface area contributed by atoms with Crippen LogP contribution >= 0.6 is 15.9 Å². The predicted octanol–water partition coefficient (Wildman–Crippen LogP) is 4.09. The number of nitrogens with one attached hydrogen (secondary N) is 2. The van der Waals surface area contributed by atoms with Crippen molar-refractivity contribution in [3.8, 4) is 5.75 Å². The van der Waals surface area contributed by atoms with Gasteiger partial charge in [-0.25, -0.2) is 0 Å². The Hall–Kier alpha value is -2.09. The average molecular weight is 388 g/mol. The number of nitrogens with zero attached hydrogens (tertiary/aromatic N) is 1. The molecule has 0 atom stereocenters. The van der Waals surface area contributed by atoms with Gasteiger partial charge in [-0.2, -0.15) is 13.2 Å². The molecule has 0 saturated heterocycles. The van der Waals surface area contributed by atoms with E-state index in [2.05, 4.69) is 15.9 Å². The first-order valence-corrected chi connectivity index (χ1v) is 7.28. The summed E-state index contributed by atoms with van der Waals surface area (Å²) in [5.41, 5.74) is 0.0695. The third kappa shape index (κ3) is 4.01. The first-order valence-electron chi connectivity index (χ1n) is 6.49. The van der Waals surface area contributed by atoms with Crippen LogP contribution in [0.2, 0.25) is 0 Å². The fourth-order valence-corrected chi connectivity index (χ4v) is 2.41. The zero-order valence-electron chi connectivity index (χ0n) is 12.0. The summed E-state index contributed by atoms with van der Waals surface area (Å²) >= 11 is 3.29. The molecule has 0 aliphatic heterocycles. The summed E-state index contributed by atoms with van der Waals surface area (Å²) in [5.74, 6) is 0.102. The van der Waals surface area contributed by atoms with Crippen molar-refractivity contribution in [2.45, 2.75) is 19.7 Å². The second kappa shape index (κ2) is 6.57. The molecule has 0 saturated carbocycles. The highest BCUT2D eigenvalue weighted by atomic mass is 79.9. The van der Waals surface area contributed by atoms with E-state index in [0.29, 0.717) is 10.0 Å². The second-order valence-electron chi connectivity index (χ2n) is 4.83. The van der Waals surface area contributed by atoms with E-state index in [1.807, 2.05) is 0 Å². The van der Waals surface area contributed by atoms with Crippen LogP contribution in [0.15, 0.2) is 34.9 Å². The van der Waals surface area contributed by atoms with Gasteiger partial charge in [0, 0.05) is 16.2 Å². The molecule has 0 amide bonds. The fraction of sp³-hybridized carbons (Fsp3) is 0.200. The quantitative estimate of drug-likeness (QED) is 0.602. The number of rotatable bonds is 4. The topological polar surface area (TPSA) is 61.9 Å². The molecule has 122 valence electrons. The van der Waals surface area contributed by atoms with Crippen molar-refractivity contribution >= 4 is 22.3 Å². The zero-order chi connectivity index (χ0) is 17.2. The summed E-state index contributed by atoms with van der Waals surface area (Å²) in [4.78, 5) is 0. The minimum absolute atomic E-state index is 0.00562. The predicted molar refractivity (Wildman–Crippen MR) is 82.7 cm³/mol. The average Bonchev–Trinajstić information content (AvgIpc) is 2.47. The number of ether oxygens (including phenoxy) is 1. The normalized spacial score (nSPS) is 11.3. The first kappa shape index (κ1) is 17.3. The molecule has 23 heavy (non-hydrogen) atoms. The summed E-state index contributed by atoms with van der Waals surface area (Å²) in [6.07, 6.45) is -1.93. The number of halogens is 4. The van der Waals surface area contributed by atoms with E-state index in [-0.39, 0.29) is 23.4 Å². The van der Waals surface area contributed by atoms with Crippen molar-refractivity contribution in [3.05, 3.63) is 57.1 Å². The van der Waals surface area contributed by atoms with Gasteiger partial charge in [0.25, 0.3) is 0 Å². The molecular weight excluding hydrogens is 375 g/mol. The maximum Gasteiger partial charge on any atom is 0.416 e. The van der Waals surface area contributed by atoms with E-state index in [1.165, 1.54) is 35.9 Å². The van der Waals surface area contributed by atoms with Gasteiger partial charge >= 0.3 is 6.18 Å². The molecule has 0 radical (unpaired) electrons. The van der Waals surface area contributed by atoms with Gasteiger partial charge in [0.05, 0.1) is 11.9 Å². The largest absolute Gasteiger partial charge is 0.489 e. The van der Waals surface area contributed by atoms with Crippen LogP contribution < -0.4 is 10.2 Å². The van der Waals surface area contributed by atoms with Crippen LogP contribution in [-0.4, -0.2) is 10.9 Å². The lowest BCUT2D eigenvalue weighted by Gasteiger charge is -2.13. The van der Waals surface area contributed by atoms with Crippen molar-refractivity contribution in [2.75, 3.05) is 0 Å². The summed E-state index contributed by atoms with van der Waals surface area (Å²) in [6.45, 7) is 1.40. The van der Waals surface area contributed by atoms with Gasteiger partial charge in [-0.15, -0.1) is 0 Å². The molecule has 0 bridgehead atoms. The number of aryl methyl sites for hydroxylation is 1. The third-order valence-electron chi connectivity index (χ3n) is 3.20. The molecule has 0 aliphatic carbocycles. The monoisotopic (exact) mass is 387 g/mol. The maximum atomic E-state index is 12.9. The molecule has 2 N–H and O–H groups in total. The molecule has 8 heteroatoms. The Balaban J connectivity index is 2.24. The number of aromatic nitrogens is 1. The minimum atomic E-state index is -4.43. The van der Waals surface area contributed by atoms with Crippen LogP contribution in [0.25, 0.3) is 0 Å². The molecule has 1 aromatic carbocycles. The number of benzene rings is 1. The van der Waals surface area contributed by atoms with Gasteiger partial charge in [0.1, 0.15) is 17.8 Å². The van der Waals surface area contributed by atoms with E-state index in [9.17, 15) is 13.2 Å². The fourth-order valence-electron chi connectivity index (χ4n) is 1.96. The zero-order valence-corrected chi connectivity index (χ0v) is 13.6. The molecular formula is C15H13BrF3N3O. The molecule has 0 fully saturated rings. The van der Waals surface area contributed by atoms with Crippen LogP contribution in [0.4, 0.5) is 13.2 Å². The molecule has 1 aromatic heterocycles. The lowest BCUT2D eigenvalue weighted by Crippen LogP contribution is -2.19. The van der Waals surface area contributed by atoms with Gasteiger partial charge in [0.15, 0.2) is 0 Å². The molecule has 1 heterocycles. The van der Waals surface area contributed by atoms with Gasteiger partial charge in [-0.1, -0.05) is 6.07 Å². The van der Waals surface area contributed by atoms with Gasteiger partial charge in [-0.3, -0.25) is 15.4 Å². The molecule has 4 nitrogen and oxygen atoms in total. The van der Waals surface area contributed by atoms with Crippen LogP contribution in [-0.2, 0) is 12.8 Å². The van der Waals surface area contributed by atoms with Crippen molar-refractivity contribution in [3.63, 3.8) is 0 Å². The van der Waals surface area contributed by atoms with Crippen LogP contribution in [0.3, 0.4) is 0 Å². The summed E-state index contributed by atoms with van der Waals surface area (Å²) in [7, 11) is 0. The van der Waals surface area contributed by atoms with Crippen molar-refractivity contribution in [2.24, 2.45) is 0 Å². The number of hydrogen-bond acceptors (Lipinski definition) is 3.